The second-order valence-corrected chi connectivity index (χ2v) is 7.44. The number of nitrogens with zero attached hydrogens (tertiary/aromatic N) is 1. The predicted octanol–water partition coefficient (Wildman–Crippen LogP) is 3.88. The molecule has 2 rings (SSSR count). The van der Waals surface area contributed by atoms with Crippen molar-refractivity contribution >= 4 is 5.96 Å². The minimum atomic E-state index is -0.278. The highest BCUT2D eigenvalue weighted by Gasteiger charge is 2.21. The van der Waals surface area contributed by atoms with E-state index in [1.54, 1.807) is 33.5 Å². The van der Waals surface area contributed by atoms with Crippen LogP contribution in [0.25, 0.3) is 0 Å². The molecule has 30 heavy (non-hydrogen) atoms. The Morgan fingerprint density at radius 3 is 2.33 bits per heavy atom. The summed E-state index contributed by atoms with van der Waals surface area (Å²) in [6.45, 7) is 7.83. The summed E-state index contributed by atoms with van der Waals surface area (Å²) in [5, 5.41) is 6.60. The second kappa shape index (κ2) is 10.7. The van der Waals surface area contributed by atoms with Gasteiger partial charge in [0.2, 0.25) is 5.75 Å². The molecule has 0 spiro atoms. The topological polar surface area (TPSA) is 64.1 Å². The molecule has 0 bridgehead atoms. The van der Waals surface area contributed by atoms with Crippen LogP contribution in [0.4, 0.5) is 4.39 Å². The molecule has 0 atom stereocenters. The van der Waals surface area contributed by atoms with Crippen molar-refractivity contribution in [1.82, 2.24) is 10.6 Å². The third-order valence-corrected chi connectivity index (χ3v) is 4.84. The molecule has 2 aromatic rings. The zero-order valence-electron chi connectivity index (χ0n) is 18.6. The molecule has 0 radical (unpaired) electrons. The van der Waals surface area contributed by atoms with E-state index in [1.807, 2.05) is 25.1 Å². The van der Waals surface area contributed by atoms with Crippen LogP contribution < -0.4 is 24.8 Å². The van der Waals surface area contributed by atoms with Gasteiger partial charge in [0, 0.05) is 24.1 Å². The highest BCUT2D eigenvalue weighted by molar-refractivity contribution is 5.80. The van der Waals surface area contributed by atoms with Gasteiger partial charge in [0.1, 0.15) is 5.82 Å². The standard InChI is InChI=1S/C23H32FN3O3/c1-7-25-22(27-15-23(2,3)17-9-8-10-18(24)13-17)26-14-16-11-12-19(28-4)21(30-6)20(16)29-5/h8-13H,7,14-15H2,1-6H3,(H2,25,26,27). The number of halogens is 1. The van der Waals surface area contributed by atoms with Crippen LogP contribution in [-0.4, -0.2) is 40.4 Å². The number of hydrogen-bond donors (Lipinski definition) is 2. The summed E-state index contributed by atoms with van der Waals surface area (Å²) < 4.78 is 29.9. The summed E-state index contributed by atoms with van der Waals surface area (Å²) >= 11 is 0. The predicted molar refractivity (Wildman–Crippen MR) is 118 cm³/mol. The van der Waals surface area contributed by atoms with Crippen molar-refractivity contribution in [2.45, 2.75) is 32.7 Å². The van der Waals surface area contributed by atoms with Gasteiger partial charge in [0.05, 0.1) is 27.9 Å². The first-order chi connectivity index (χ1) is 14.4. The van der Waals surface area contributed by atoms with Crippen molar-refractivity contribution in [2.75, 3.05) is 34.4 Å². The van der Waals surface area contributed by atoms with Crippen LogP contribution in [0.1, 0.15) is 31.9 Å². The number of methoxy groups -OCH3 is 3. The maximum Gasteiger partial charge on any atom is 0.203 e. The Labute approximate surface area is 178 Å². The molecule has 0 aliphatic carbocycles. The molecular weight excluding hydrogens is 385 g/mol. The average molecular weight is 418 g/mol. The largest absolute Gasteiger partial charge is 0.493 e. The number of rotatable bonds is 9. The SMILES string of the molecule is CCNC(=NCc1ccc(OC)c(OC)c1OC)NCC(C)(C)c1cccc(F)c1. The van der Waals surface area contributed by atoms with Gasteiger partial charge in [-0.2, -0.15) is 0 Å². The van der Waals surface area contributed by atoms with Gasteiger partial charge >= 0.3 is 0 Å². The van der Waals surface area contributed by atoms with Crippen LogP contribution in [0.15, 0.2) is 41.4 Å². The van der Waals surface area contributed by atoms with Crippen LogP contribution >= 0.6 is 0 Å². The summed E-state index contributed by atoms with van der Waals surface area (Å²) in [6, 6.07) is 10.4. The van der Waals surface area contributed by atoms with Crippen LogP contribution in [0, 0.1) is 5.82 Å². The van der Waals surface area contributed by atoms with Gasteiger partial charge in [-0.3, -0.25) is 0 Å². The first-order valence-electron chi connectivity index (χ1n) is 9.92. The van der Waals surface area contributed by atoms with E-state index in [0.717, 1.165) is 17.7 Å². The van der Waals surface area contributed by atoms with Crippen LogP contribution in [-0.2, 0) is 12.0 Å². The van der Waals surface area contributed by atoms with Crippen LogP contribution in [0.3, 0.4) is 0 Å². The lowest BCUT2D eigenvalue weighted by Crippen LogP contribution is -2.43. The average Bonchev–Trinajstić information content (AvgIpc) is 2.74. The van der Waals surface area contributed by atoms with Gasteiger partial charge in [0.25, 0.3) is 0 Å². The van der Waals surface area contributed by atoms with Crippen LogP contribution in [0.2, 0.25) is 0 Å². The summed E-state index contributed by atoms with van der Waals surface area (Å²) in [7, 11) is 4.76. The van der Waals surface area contributed by atoms with E-state index in [9.17, 15) is 4.39 Å². The lowest BCUT2D eigenvalue weighted by molar-refractivity contribution is 0.322. The zero-order chi connectivity index (χ0) is 22.1. The summed E-state index contributed by atoms with van der Waals surface area (Å²) in [6.07, 6.45) is 0. The molecule has 6 nitrogen and oxygen atoms in total. The summed E-state index contributed by atoms with van der Waals surface area (Å²) in [5.74, 6) is 2.17. The van der Waals surface area contributed by atoms with Gasteiger partial charge in [0.15, 0.2) is 17.5 Å². The minimum absolute atomic E-state index is 0.235. The first-order valence-corrected chi connectivity index (χ1v) is 9.92. The number of guanidine groups is 1. The number of hydrogen-bond acceptors (Lipinski definition) is 4. The van der Waals surface area contributed by atoms with E-state index in [4.69, 9.17) is 14.2 Å². The molecule has 0 fully saturated rings. The smallest absolute Gasteiger partial charge is 0.203 e. The van der Waals surface area contributed by atoms with Crippen molar-refractivity contribution < 1.29 is 18.6 Å². The lowest BCUT2D eigenvalue weighted by atomic mass is 9.84. The molecule has 7 heteroatoms. The quantitative estimate of drug-likeness (QED) is 0.479. The molecule has 0 heterocycles. The number of benzene rings is 2. The number of ether oxygens (including phenoxy) is 3. The van der Waals surface area contributed by atoms with Crippen LogP contribution in [0.5, 0.6) is 17.2 Å². The fourth-order valence-corrected chi connectivity index (χ4v) is 3.11. The highest BCUT2D eigenvalue weighted by Crippen LogP contribution is 2.39. The molecule has 0 unspecified atom stereocenters. The Morgan fingerprint density at radius 1 is 1.00 bits per heavy atom. The van der Waals surface area contributed by atoms with Gasteiger partial charge in [-0.25, -0.2) is 9.38 Å². The Bertz CT molecular complexity index is 869. The highest BCUT2D eigenvalue weighted by atomic mass is 19.1. The van der Waals surface area contributed by atoms with E-state index in [-0.39, 0.29) is 11.2 Å². The fourth-order valence-electron chi connectivity index (χ4n) is 3.11. The number of nitrogens with one attached hydrogen (secondary N) is 2. The Hall–Kier alpha value is -2.96. The first kappa shape index (κ1) is 23.3. The minimum Gasteiger partial charge on any atom is -0.493 e. The molecule has 0 amide bonds. The maximum atomic E-state index is 13.6. The van der Waals surface area contributed by atoms with Crippen molar-refractivity contribution in [3.8, 4) is 17.2 Å². The van der Waals surface area contributed by atoms with Crippen molar-refractivity contribution in [1.29, 1.82) is 0 Å². The van der Waals surface area contributed by atoms with E-state index < -0.39 is 0 Å². The molecule has 0 aromatic heterocycles. The van der Waals surface area contributed by atoms with Gasteiger partial charge < -0.3 is 24.8 Å². The maximum absolute atomic E-state index is 13.6. The van der Waals surface area contributed by atoms with E-state index in [0.29, 0.717) is 36.3 Å². The Balaban J connectivity index is 2.18. The lowest BCUT2D eigenvalue weighted by Gasteiger charge is -2.27. The van der Waals surface area contributed by atoms with Crippen molar-refractivity contribution in [3.05, 3.63) is 53.3 Å². The van der Waals surface area contributed by atoms with Gasteiger partial charge in [-0.05, 0) is 36.8 Å². The molecule has 2 aromatic carbocycles. The molecule has 0 aliphatic rings. The molecular formula is C23H32FN3O3. The Morgan fingerprint density at radius 2 is 1.73 bits per heavy atom. The van der Waals surface area contributed by atoms with E-state index in [1.165, 1.54) is 6.07 Å². The summed E-state index contributed by atoms with van der Waals surface area (Å²) in [4.78, 5) is 4.68. The molecule has 0 aliphatic heterocycles. The summed E-state index contributed by atoms with van der Waals surface area (Å²) in [5.41, 5.74) is 1.52. The number of aliphatic imine (C=N–C) groups is 1. The molecule has 0 saturated carbocycles. The fraction of sp³-hybridized carbons (Fsp3) is 0.435. The van der Waals surface area contributed by atoms with Gasteiger partial charge in [-0.1, -0.05) is 26.0 Å². The third kappa shape index (κ3) is 5.78. The monoisotopic (exact) mass is 417 g/mol. The van der Waals surface area contributed by atoms with E-state index >= 15 is 0 Å². The molecule has 164 valence electrons. The van der Waals surface area contributed by atoms with Crippen molar-refractivity contribution in [3.63, 3.8) is 0 Å². The normalized spacial score (nSPS) is 11.8. The van der Waals surface area contributed by atoms with E-state index in [2.05, 4.69) is 29.5 Å². The zero-order valence-corrected chi connectivity index (χ0v) is 18.6. The molecule has 2 N–H and O–H groups in total. The molecule has 0 saturated heterocycles. The second-order valence-electron chi connectivity index (χ2n) is 7.44. The van der Waals surface area contributed by atoms with Crippen molar-refractivity contribution in [2.24, 2.45) is 4.99 Å². The Kier molecular flexibility index (Phi) is 8.33. The van der Waals surface area contributed by atoms with Gasteiger partial charge in [-0.15, -0.1) is 0 Å². The third-order valence-electron chi connectivity index (χ3n) is 4.84.